The number of halogens is 1. The molecule has 2 aromatic carbocycles. The predicted molar refractivity (Wildman–Crippen MR) is 209 cm³/mol. The number of nitrogen functional groups attached to an aromatic ring is 1. The van der Waals surface area contributed by atoms with Crippen LogP contribution in [-0.4, -0.2) is 53.8 Å². The van der Waals surface area contributed by atoms with Gasteiger partial charge in [-0.25, -0.2) is 4.39 Å². The number of aryl methyl sites for hydroxylation is 1. The van der Waals surface area contributed by atoms with Crippen molar-refractivity contribution in [3.05, 3.63) is 58.5 Å². The number of ether oxygens (including phenoxy) is 1. The van der Waals surface area contributed by atoms with Gasteiger partial charge in [0.1, 0.15) is 16.9 Å². The first-order valence-corrected chi connectivity index (χ1v) is 19.6. The molecule has 0 aliphatic carbocycles. The van der Waals surface area contributed by atoms with Gasteiger partial charge in [0, 0.05) is 25.6 Å². The number of piperidine rings is 1. The number of rotatable bonds is 8. The number of benzene rings is 2. The Kier molecular flexibility index (Phi) is 17.6. The summed E-state index contributed by atoms with van der Waals surface area (Å²) in [5, 5.41) is 14.3. The number of nitriles is 1. The summed E-state index contributed by atoms with van der Waals surface area (Å²) in [6.07, 6.45) is 6.08. The fourth-order valence-electron chi connectivity index (χ4n) is 7.15. The quantitative estimate of drug-likeness (QED) is 0.130. The number of hydrogen-bond acceptors (Lipinski definition) is 7. The second-order valence-electron chi connectivity index (χ2n) is 14.0. The van der Waals surface area contributed by atoms with Crippen molar-refractivity contribution in [1.82, 2.24) is 15.1 Å². The van der Waals surface area contributed by atoms with Gasteiger partial charge in [0.2, 0.25) is 5.91 Å². The van der Waals surface area contributed by atoms with E-state index in [0.717, 1.165) is 83.0 Å². The van der Waals surface area contributed by atoms with Gasteiger partial charge in [0.25, 0.3) is 0 Å². The standard InChI is InChI=1S/C33H37FN6O2S.C6H14.C2H6.K/c1-5-20-13-22(32(37-17-40-12-10-18(2)19(40)3)38-27-7-6-11-39(4)33(27)41)24-15-42-16-25(24)28(20)21-8-9-26(34)30-29(21)23(14-35)31(36)43-30;1-4-5-6(2)3;1-2;/h8-9,17-19,27H,5-7,10-12,15-16,36H2,1-4H3,(H,37,38);6H,4-5H2,1-3H3;1-2H3;/q-2;;;+1. The molecule has 3 atom stereocenters. The van der Waals surface area contributed by atoms with Gasteiger partial charge in [-0.15, -0.1) is 34.1 Å². The molecule has 278 valence electrons. The Morgan fingerprint density at radius 3 is 2.52 bits per heavy atom. The third kappa shape index (κ3) is 9.80. The Morgan fingerprint density at radius 2 is 1.92 bits per heavy atom. The van der Waals surface area contributed by atoms with E-state index in [4.69, 9.17) is 15.5 Å². The van der Waals surface area contributed by atoms with E-state index in [2.05, 4.69) is 63.9 Å². The molecule has 0 saturated carbocycles. The van der Waals surface area contributed by atoms with Gasteiger partial charge in [-0.1, -0.05) is 92.1 Å². The minimum Gasteiger partial charge on any atom is -0.438 e. The summed E-state index contributed by atoms with van der Waals surface area (Å²) >= 11 is 1.10. The number of nitrogens with one attached hydrogen (secondary N) is 1. The maximum atomic E-state index is 14.9. The minimum atomic E-state index is -0.398. The summed E-state index contributed by atoms with van der Waals surface area (Å²) in [7, 11) is 1.84. The fourth-order valence-corrected chi connectivity index (χ4v) is 8.10. The molecule has 11 heteroatoms. The summed E-state index contributed by atoms with van der Waals surface area (Å²) in [5.41, 5.74) is 11.7. The number of fused-ring (bicyclic) bond motifs is 2. The van der Waals surface area contributed by atoms with Gasteiger partial charge >= 0.3 is 51.4 Å². The summed E-state index contributed by atoms with van der Waals surface area (Å²) in [6, 6.07) is 9.01. The number of likely N-dealkylation sites (tertiary alicyclic amines) is 2. The molecule has 0 spiro atoms. The number of thiophene rings is 1. The van der Waals surface area contributed by atoms with Crippen LogP contribution in [0.1, 0.15) is 115 Å². The number of amidine groups is 1. The number of amides is 1. The van der Waals surface area contributed by atoms with E-state index in [1.165, 1.54) is 18.9 Å². The van der Waals surface area contributed by atoms with Crippen molar-refractivity contribution in [3.63, 3.8) is 0 Å². The van der Waals surface area contributed by atoms with E-state index in [0.29, 0.717) is 58.1 Å². The minimum absolute atomic E-state index is 0. The van der Waals surface area contributed by atoms with E-state index in [-0.39, 0.29) is 63.3 Å². The third-order valence-corrected chi connectivity index (χ3v) is 11.2. The van der Waals surface area contributed by atoms with Gasteiger partial charge in [0.15, 0.2) is 0 Å². The normalized spacial score (nSPS) is 20.0. The number of anilines is 1. The molecule has 3 aromatic rings. The number of nitrogens with zero attached hydrogens (tertiary/aromatic N) is 4. The van der Waals surface area contributed by atoms with E-state index in [1.54, 1.807) is 11.0 Å². The first-order valence-electron chi connectivity index (χ1n) is 18.8. The maximum Gasteiger partial charge on any atom is 1.00 e. The van der Waals surface area contributed by atoms with Gasteiger partial charge < -0.3 is 30.6 Å². The molecule has 52 heavy (non-hydrogen) atoms. The number of carbonyl (C=O) groups excluding carboxylic acids is 1. The van der Waals surface area contributed by atoms with Crippen molar-refractivity contribution in [2.24, 2.45) is 16.8 Å². The van der Waals surface area contributed by atoms with Crippen LogP contribution in [0.3, 0.4) is 0 Å². The predicted octanol–water partition coefficient (Wildman–Crippen LogP) is 5.83. The zero-order chi connectivity index (χ0) is 37.4. The fraction of sp³-hybridized carbons (Fsp3) is 0.561. The summed E-state index contributed by atoms with van der Waals surface area (Å²) in [6.45, 7) is 21.6. The molecule has 6 rings (SSSR count). The van der Waals surface area contributed by atoms with E-state index in [9.17, 15) is 14.4 Å². The monoisotopic (exact) mass is 755 g/mol. The van der Waals surface area contributed by atoms with Crippen molar-refractivity contribution in [2.45, 2.75) is 119 Å². The van der Waals surface area contributed by atoms with Crippen LogP contribution in [0.5, 0.6) is 0 Å². The number of nitrogens with two attached hydrogens (primary N) is 1. The Bertz CT molecular complexity index is 1750. The van der Waals surface area contributed by atoms with Crippen LogP contribution in [0.15, 0.2) is 17.1 Å². The van der Waals surface area contributed by atoms with Crippen LogP contribution in [0, 0.1) is 41.7 Å². The second-order valence-corrected chi connectivity index (χ2v) is 15.1. The van der Waals surface area contributed by atoms with Crippen LogP contribution in [0.4, 0.5) is 9.39 Å². The average molecular weight is 756 g/mol. The molecule has 2 saturated heterocycles. The SMILES string of the molecule is CC.CCCC(C)C.CCc1[c-]c(/C(=N\[CH-]N2CCC(C)C2C)NC2CCCN(C)C2=O)c2c(c1-c1ccc(F)c3sc(N)c(C#N)c13)COC2.[K+]. The molecule has 3 unspecified atom stereocenters. The summed E-state index contributed by atoms with van der Waals surface area (Å²) in [4.78, 5) is 22.2. The van der Waals surface area contributed by atoms with Gasteiger partial charge in [-0.05, 0) is 67.6 Å². The Hall–Kier alpha value is -2.01. The van der Waals surface area contributed by atoms with Gasteiger partial charge in [-0.3, -0.25) is 4.79 Å². The molecule has 4 heterocycles. The van der Waals surface area contributed by atoms with Gasteiger partial charge in [-0.2, -0.15) is 5.26 Å². The number of likely N-dealkylation sites (N-methyl/N-ethyl adjacent to an activating group) is 1. The molecule has 0 radical (unpaired) electrons. The smallest absolute Gasteiger partial charge is 0.438 e. The molecule has 3 aliphatic rings. The number of aliphatic imine (C=N–C) groups is 1. The zero-order valence-electron chi connectivity index (χ0n) is 33.1. The molecule has 3 N–H and O–H groups in total. The van der Waals surface area contributed by atoms with Crippen LogP contribution in [-0.2, 0) is 29.2 Å². The molecule has 3 aliphatic heterocycles. The van der Waals surface area contributed by atoms with Crippen LogP contribution in [0.2, 0.25) is 0 Å². The van der Waals surface area contributed by atoms with Crippen molar-refractivity contribution in [3.8, 4) is 17.2 Å². The Labute approximate surface area is 358 Å². The van der Waals surface area contributed by atoms with Crippen LogP contribution >= 0.6 is 11.3 Å². The maximum absolute atomic E-state index is 14.9. The number of carbonyl (C=O) groups is 1. The molecular formula is C41H57FKN6O2S-. The van der Waals surface area contributed by atoms with Crippen molar-refractivity contribution < 1.29 is 65.3 Å². The first-order chi connectivity index (χ1) is 24.5. The van der Waals surface area contributed by atoms with E-state index < -0.39 is 5.82 Å². The average Bonchev–Trinajstić information content (AvgIpc) is 3.83. The number of hydrogen-bond donors (Lipinski definition) is 2. The van der Waals surface area contributed by atoms with Crippen molar-refractivity contribution >= 4 is 38.2 Å². The molecule has 1 amide bonds. The second kappa shape index (κ2) is 20.6. The third-order valence-electron chi connectivity index (χ3n) is 10.2. The van der Waals surface area contributed by atoms with Crippen LogP contribution in [0.25, 0.3) is 21.2 Å². The zero-order valence-corrected chi connectivity index (χ0v) is 37.0. The summed E-state index contributed by atoms with van der Waals surface area (Å²) in [5.74, 6) is 1.73. The first kappa shape index (κ1) is 44.4. The molecule has 0 bridgehead atoms. The largest absolute Gasteiger partial charge is 1.00 e. The van der Waals surface area contributed by atoms with Crippen molar-refractivity contribution in [1.29, 1.82) is 5.26 Å². The Morgan fingerprint density at radius 1 is 1.21 bits per heavy atom. The van der Waals surface area contributed by atoms with Crippen LogP contribution < -0.4 is 62.4 Å². The summed E-state index contributed by atoms with van der Waals surface area (Å²) < 4.78 is 21.4. The molecule has 8 nitrogen and oxygen atoms in total. The molecular weight excluding hydrogens is 699 g/mol. The Balaban J connectivity index is 0.000000737. The molecule has 2 fully saturated rings. The van der Waals surface area contributed by atoms with Crippen molar-refractivity contribution in [2.75, 3.05) is 25.9 Å². The van der Waals surface area contributed by atoms with E-state index in [1.807, 2.05) is 27.6 Å². The van der Waals surface area contributed by atoms with E-state index >= 15 is 0 Å². The van der Waals surface area contributed by atoms with Gasteiger partial charge in [0.05, 0.1) is 22.9 Å². The topological polar surface area (TPSA) is 107 Å². The molecule has 1 aromatic heterocycles.